The number of hydrogen-bond donors (Lipinski definition) is 0. The Kier molecular flexibility index (Phi) is 7.30. The maximum Gasteiger partial charge on any atom is 0.339 e. The van der Waals surface area contributed by atoms with Crippen LogP contribution in [-0.2, 0) is 14.3 Å². The van der Waals surface area contributed by atoms with Gasteiger partial charge in [-0.2, -0.15) is 0 Å². The summed E-state index contributed by atoms with van der Waals surface area (Å²) in [5, 5.41) is 0. The van der Waals surface area contributed by atoms with Crippen molar-refractivity contribution in [2.24, 2.45) is 45.3 Å². The van der Waals surface area contributed by atoms with Crippen LogP contribution in [0.4, 0.5) is 0 Å². The smallest absolute Gasteiger partial charge is 0.339 e. The quantitative estimate of drug-likeness (QED) is 0.308. The molecular formula is C37H54N2O4. The van der Waals surface area contributed by atoms with E-state index in [0.29, 0.717) is 39.7 Å². The second-order valence-electron chi connectivity index (χ2n) is 16.4. The molecule has 2 heterocycles. The average Bonchev–Trinajstić information content (AvgIpc) is 3.57. The largest absolute Gasteiger partial charge is 0.458 e. The van der Waals surface area contributed by atoms with Gasteiger partial charge in [0.2, 0.25) is 5.91 Å². The summed E-state index contributed by atoms with van der Waals surface area (Å²) in [6.45, 7) is 12.9. The lowest BCUT2D eigenvalue weighted by molar-refractivity contribution is -0.140. The Morgan fingerprint density at radius 1 is 1.02 bits per heavy atom. The van der Waals surface area contributed by atoms with E-state index in [1.54, 1.807) is 19.3 Å². The van der Waals surface area contributed by atoms with Crippen LogP contribution in [0.25, 0.3) is 0 Å². The number of nitrogens with zero attached hydrogens (tertiary/aromatic N) is 2. The van der Waals surface area contributed by atoms with Crippen molar-refractivity contribution >= 4 is 11.9 Å². The first-order valence-electron chi connectivity index (χ1n) is 17.6. The molecule has 0 aromatic carbocycles. The molecule has 6 fully saturated rings. The SMILES string of the molecule is CCCCN(CC1CCC2C(CC3C4CCC5C(C)(C)[C@@H](OC(=O)c6cccnc6)CC[C@@]56C[C@@]46CC[C@]23C)O1)C(C)=O. The van der Waals surface area contributed by atoms with Gasteiger partial charge in [0.05, 0.1) is 17.8 Å². The Labute approximate surface area is 259 Å². The van der Waals surface area contributed by atoms with Crippen LogP contribution >= 0.6 is 0 Å². The molecule has 6 nitrogen and oxygen atoms in total. The molecule has 0 radical (unpaired) electrons. The number of fused-ring (bicyclic) bond motifs is 4. The number of carbonyl (C=O) groups excluding carboxylic acids is 2. The molecule has 6 heteroatoms. The number of pyridine rings is 1. The highest BCUT2D eigenvalue weighted by molar-refractivity contribution is 5.89. The van der Waals surface area contributed by atoms with E-state index in [0.717, 1.165) is 50.6 Å². The zero-order valence-electron chi connectivity index (χ0n) is 27.3. The van der Waals surface area contributed by atoms with Gasteiger partial charge in [0.25, 0.3) is 0 Å². The molecule has 0 bridgehead atoms. The van der Waals surface area contributed by atoms with Crippen LogP contribution in [0, 0.1) is 45.3 Å². The lowest BCUT2D eigenvalue weighted by Crippen LogP contribution is -2.55. The van der Waals surface area contributed by atoms with E-state index in [1.165, 1.54) is 51.4 Å². The third-order valence-corrected chi connectivity index (χ3v) is 14.4. The summed E-state index contributed by atoms with van der Waals surface area (Å²) in [6, 6.07) is 3.62. The van der Waals surface area contributed by atoms with E-state index in [9.17, 15) is 9.59 Å². The summed E-state index contributed by atoms with van der Waals surface area (Å²) in [7, 11) is 0. The van der Waals surface area contributed by atoms with Crippen LogP contribution in [0.5, 0.6) is 0 Å². The summed E-state index contributed by atoms with van der Waals surface area (Å²) >= 11 is 0. The van der Waals surface area contributed by atoms with Crippen molar-refractivity contribution in [3.63, 3.8) is 0 Å². The molecule has 6 aliphatic rings. The van der Waals surface area contributed by atoms with E-state index in [4.69, 9.17) is 9.47 Å². The molecule has 0 N–H and O–H groups in total. The third kappa shape index (κ3) is 4.46. The average molecular weight is 591 g/mol. The van der Waals surface area contributed by atoms with Gasteiger partial charge in [0.15, 0.2) is 0 Å². The van der Waals surface area contributed by atoms with Crippen LogP contribution in [-0.4, -0.2) is 53.2 Å². The molecule has 10 atom stereocenters. The van der Waals surface area contributed by atoms with Crippen LogP contribution in [0.1, 0.15) is 122 Å². The first kappa shape index (κ1) is 29.7. The summed E-state index contributed by atoms with van der Waals surface area (Å²) in [6.07, 6.45) is 18.4. The van der Waals surface area contributed by atoms with Crippen LogP contribution < -0.4 is 0 Å². The van der Waals surface area contributed by atoms with E-state index in [-0.39, 0.29) is 29.5 Å². The van der Waals surface area contributed by atoms with E-state index in [2.05, 4.69) is 32.7 Å². The summed E-state index contributed by atoms with van der Waals surface area (Å²) in [4.78, 5) is 31.5. The van der Waals surface area contributed by atoms with Gasteiger partial charge in [0, 0.05) is 37.8 Å². The monoisotopic (exact) mass is 590 g/mol. The minimum absolute atomic E-state index is 0.0221. The third-order valence-electron chi connectivity index (χ3n) is 14.4. The number of ether oxygens (including phenoxy) is 2. The Morgan fingerprint density at radius 2 is 1.84 bits per heavy atom. The zero-order chi connectivity index (χ0) is 30.2. The number of carbonyl (C=O) groups is 2. The van der Waals surface area contributed by atoms with Gasteiger partial charge in [-0.1, -0.05) is 34.1 Å². The Balaban J connectivity index is 1.05. The molecule has 1 aliphatic heterocycles. The molecule has 5 aliphatic carbocycles. The lowest BCUT2D eigenvalue weighted by atomic mass is 9.46. The van der Waals surface area contributed by atoms with E-state index < -0.39 is 0 Å². The number of esters is 1. The number of amides is 1. The summed E-state index contributed by atoms with van der Waals surface area (Å²) in [5.41, 5.74) is 1.83. The second kappa shape index (κ2) is 10.6. The van der Waals surface area contributed by atoms with Gasteiger partial charge in [-0.25, -0.2) is 4.79 Å². The van der Waals surface area contributed by atoms with Crippen molar-refractivity contribution < 1.29 is 19.1 Å². The fourth-order valence-electron chi connectivity index (χ4n) is 12.3. The standard InChI is InChI=1S/C37H54N2O4/c1-6-7-19-39(24(2)40)22-26-10-11-28-30(42-26)20-29-27-12-13-31-34(3,4)32(43-33(41)25-9-8-18-38-21-25)14-15-37(31)23-36(27,37)17-16-35(28,29)5/h8-9,18,21,26-32H,6-7,10-17,19-20,22-23H2,1-5H3/t26?,27?,28?,29?,30?,31?,32-,35+,36-,37+/m0/s1. The molecule has 2 spiro atoms. The molecule has 43 heavy (non-hydrogen) atoms. The molecule has 6 unspecified atom stereocenters. The second-order valence-corrected chi connectivity index (χ2v) is 16.4. The Morgan fingerprint density at radius 3 is 2.58 bits per heavy atom. The number of aromatic nitrogens is 1. The minimum atomic E-state index is -0.224. The molecule has 1 amide bonds. The summed E-state index contributed by atoms with van der Waals surface area (Å²) in [5.74, 6) is 2.80. The van der Waals surface area contributed by atoms with Crippen molar-refractivity contribution in [2.75, 3.05) is 13.1 Å². The van der Waals surface area contributed by atoms with Crippen molar-refractivity contribution in [3.05, 3.63) is 30.1 Å². The predicted molar refractivity (Wildman–Crippen MR) is 166 cm³/mol. The van der Waals surface area contributed by atoms with E-state index >= 15 is 0 Å². The fourth-order valence-corrected chi connectivity index (χ4v) is 12.3. The molecule has 7 rings (SSSR count). The van der Waals surface area contributed by atoms with Gasteiger partial charge in [-0.05, 0) is 123 Å². The van der Waals surface area contributed by atoms with Crippen molar-refractivity contribution in [1.82, 2.24) is 9.88 Å². The van der Waals surface area contributed by atoms with Gasteiger partial charge in [-0.3, -0.25) is 9.78 Å². The molecule has 1 aromatic heterocycles. The number of hydrogen-bond acceptors (Lipinski definition) is 5. The predicted octanol–water partition coefficient (Wildman–Crippen LogP) is 7.46. The Hall–Kier alpha value is -1.95. The maximum absolute atomic E-state index is 13.0. The molecule has 5 saturated carbocycles. The highest BCUT2D eigenvalue weighted by Crippen LogP contribution is 2.87. The number of unbranched alkanes of at least 4 members (excludes halogenated alkanes) is 1. The summed E-state index contributed by atoms with van der Waals surface area (Å²) < 4.78 is 13.2. The maximum atomic E-state index is 13.0. The molecular weight excluding hydrogens is 536 g/mol. The van der Waals surface area contributed by atoms with Crippen LogP contribution in [0.3, 0.4) is 0 Å². The highest BCUT2D eigenvalue weighted by Gasteiger charge is 2.80. The molecule has 236 valence electrons. The topological polar surface area (TPSA) is 68.7 Å². The Bertz CT molecular complexity index is 1230. The minimum Gasteiger partial charge on any atom is -0.458 e. The highest BCUT2D eigenvalue weighted by atomic mass is 16.5. The van der Waals surface area contributed by atoms with Crippen molar-refractivity contribution in [3.8, 4) is 0 Å². The van der Waals surface area contributed by atoms with Crippen molar-refractivity contribution in [1.29, 1.82) is 0 Å². The first-order valence-corrected chi connectivity index (χ1v) is 17.6. The number of rotatable bonds is 7. The first-order chi connectivity index (χ1) is 20.6. The van der Waals surface area contributed by atoms with Gasteiger partial charge in [-0.15, -0.1) is 0 Å². The van der Waals surface area contributed by atoms with Gasteiger partial charge in [0.1, 0.15) is 6.10 Å². The van der Waals surface area contributed by atoms with E-state index in [1.807, 2.05) is 17.0 Å². The zero-order valence-corrected chi connectivity index (χ0v) is 27.3. The van der Waals surface area contributed by atoms with Crippen LogP contribution in [0.15, 0.2) is 24.5 Å². The molecule has 1 aromatic rings. The fraction of sp³-hybridized carbons (Fsp3) is 0.811. The van der Waals surface area contributed by atoms with Gasteiger partial charge >= 0.3 is 5.97 Å². The van der Waals surface area contributed by atoms with Crippen molar-refractivity contribution in [2.45, 2.75) is 130 Å². The normalized spacial score (nSPS) is 43.7. The van der Waals surface area contributed by atoms with Gasteiger partial charge < -0.3 is 14.4 Å². The lowest BCUT2D eigenvalue weighted by Gasteiger charge is -2.59. The van der Waals surface area contributed by atoms with Crippen LogP contribution in [0.2, 0.25) is 0 Å². The molecule has 1 saturated heterocycles.